The van der Waals surface area contributed by atoms with Crippen LogP contribution < -0.4 is 5.32 Å². The van der Waals surface area contributed by atoms with Crippen molar-refractivity contribution in [3.8, 4) is 0 Å². The fourth-order valence-corrected chi connectivity index (χ4v) is 2.14. The zero-order chi connectivity index (χ0) is 15.3. The van der Waals surface area contributed by atoms with Gasteiger partial charge in [0.05, 0.1) is 5.60 Å². The summed E-state index contributed by atoms with van der Waals surface area (Å²) in [6.45, 7) is 6.51. The quantitative estimate of drug-likeness (QED) is 0.836. The SMILES string of the molecule is CC(C)C(C)(O)CNc1ccccc1Cc1ccccc1. The molecule has 0 bridgehead atoms. The minimum absolute atomic E-state index is 0.214. The molecule has 2 heteroatoms. The highest BCUT2D eigenvalue weighted by molar-refractivity contribution is 5.53. The van der Waals surface area contributed by atoms with Gasteiger partial charge >= 0.3 is 0 Å². The molecule has 2 aromatic carbocycles. The smallest absolute Gasteiger partial charge is 0.0813 e. The van der Waals surface area contributed by atoms with Crippen LogP contribution in [-0.4, -0.2) is 17.3 Å². The standard InChI is InChI=1S/C19H25NO/c1-15(2)19(3,21)14-20-18-12-8-7-11-17(18)13-16-9-5-4-6-10-16/h4-12,15,20-21H,13-14H2,1-3H3. The Bertz CT molecular complexity index is 561. The zero-order valence-corrected chi connectivity index (χ0v) is 13.1. The lowest BCUT2D eigenvalue weighted by molar-refractivity contribution is 0.0266. The van der Waals surface area contributed by atoms with E-state index in [-0.39, 0.29) is 5.92 Å². The molecule has 2 N–H and O–H groups in total. The van der Waals surface area contributed by atoms with Gasteiger partial charge in [-0.05, 0) is 36.5 Å². The van der Waals surface area contributed by atoms with Crippen LogP contribution >= 0.6 is 0 Å². The monoisotopic (exact) mass is 283 g/mol. The first kappa shape index (κ1) is 15.6. The summed E-state index contributed by atoms with van der Waals surface area (Å²) in [4.78, 5) is 0. The Labute approximate surface area is 127 Å². The number of para-hydroxylation sites is 1. The van der Waals surface area contributed by atoms with Crippen molar-refractivity contribution in [2.45, 2.75) is 32.8 Å². The lowest BCUT2D eigenvalue weighted by Gasteiger charge is -2.28. The lowest BCUT2D eigenvalue weighted by atomic mass is 9.92. The van der Waals surface area contributed by atoms with E-state index in [2.05, 4.69) is 47.8 Å². The molecule has 0 aliphatic carbocycles. The van der Waals surface area contributed by atoms with Gasteiger partial charge in [0.2, 0.25) is 0 Å². The molecule has 0 saturated heterocycles. The molecular formula is C19H25NO. The van der Waals surface area contributed by atoms with Crippen molar-refractivity contribution in [2.75, 3.05) is 11.9 Å². The highest BCUT2D eigenvalue weighted by atomic mass is 16.3. The first-order valence-electron chi connectivity index (χ1n) is 7.57. The van der Waals surface area contributed by atoms with Crippen LogP contribution in [0.1, 0.15) is 31.9 Å². The van der Waals surface area contributed by atoms with Crippen LogP contribution in [0.4, 0.5) is 5.69 Å². The Morgan fingerprint density at radius 2 is 1.62 bits per heavy atom. The van der Waals surface area contributed by atoms with Gasteiger partial charge in [0.1, 0.15) is 0 Å². The molecule has 0 aliphatic rings. The molecule has 0 heterocycles. The zero-order valence-electron chi connectivity index (χ0n) is 13.1. The van der Waals surface area contributed by atoms with Crippen LogP contribution in [0.15, 0.2) is 54.6 Å². The molecular weight excluding hydrogens is 258 g/mol. The Morgan fingerprint density at radius 1 is 1.00 bits per heavy atom. The number of hydrogen-bond donors (Lipinski definition) is 2. The molecule has 1 atom stereocenters. The Kier molecular flexibility index (Phi) is 5.03. The minimum atomic E-state index is -0.708. The van der Waals surface area contributed by atoms with Gasteiger partial charge in [-0.3, -0.25) is 0 Å². The number of anilines is 1. The van der Waals surface area contributed by atoms with Crippen LogP contribution in [0.25, 0.3) is 0 Å². The summed E-state index contributed by atoms with van der Waals surface area (Å²) in [5.41, 5.74) is 2.94. The molecule has 0 aromatic heterocycles. The van der Waals surface area contributed by atoms with E-state index in [1.54, 1.807) is 0 Å². The van der Waals surface area contributed by atoms with Crippen molar-refractivity contribution in [2.24, 2.45) is 5.92 Å². The third-order valence-corrected chi connectivity index (χ3v) is 4.14. The van der Waals surface area contributed by atoms with Gasteiger partial charge < -0.3 is 10.4 Å². The van der Waals surface area contributed by atoms with E-state index in [4.69, 9.17) is 0 Å². The minimum Gasteiger partial charge on any atom is -0.388 e. The predicted octanol–water partition coefficient (Wildman–Crippen LogP) is 4.10. The Hall–Kier alpha value is -1.80. The second-order valence-corrected chi connectivity index (χ2v) is 6.18. The van der Waals surface area contributed by atoms with Crippen molar-refractivity contribution in [3.63, 3.8) is 0 Å². The molecule has 2 rings (SSSR count). The van der Waals surface area contributed by atoms with Crippen LogP contribution in [0, 0.1) is 5.92 Å². The predicted molar refractivity (Wildman–Crippen MR) is 89.6 cm³/mol. The van der Waals surface area contributed by atoms with E-state index in [0.29, 0.717) is 6.54 Å². The van der Waals surface area contributed by atoms with Gasteiger partial charge in [0, 0.05) is 12.2 Å². The fraction of sp³-hybridized carbons (Fsp3) is 0.368. The maximum Gasteiger partial charge on any atom is 0.0813 e. The molecule has 21 heavy (non-hydrogen) atoms. The van der Waals surface area contributed by atoms with Gasteiger partial charge in [0.25, 0.3) is 0 Å². The average Bonchev–Trinajstić information content (AvgIpc) is 2.47. The molecule has 0 radical (unpaired) electrons. The van der Waals surface area contributed by atoms with Crippen molar-refractivity contribution in [3.05, 3.63) is 65.7 Å². The van der Waals surface area contributed by atoms with Crippen LogP contribution in [0.3, 0.4) is 0 Å². The molecule has 1 unspecified atom stereocenters. The third kappa shape index (κ3) is 4.33. The second-order valence-electron chi connectivity index (χ2n) is 6.18. The highest BCUT2D eigenvalue weighted by Crippen LogP contribution is 2.22. The lowest BCUT2D eigenvalue weighted by Crippen LogP contribution is -2.38. The van der Waals surface area contributed by atoms with Crippen LogP contribution in [0.2, 0.25) is 0 Å². The maximum atomic E-state index is 10.4. The molecule has 0 aliphatic heterocycles. The fourth-order valence-electron chi connectivity index (χ4n) is 2.14. The number of benzene rings is 2. The van der Waals surface area contributed by atoms with E-state index >= 15 is 0 Å². The summed E-state index contributed by atoms with van der Waals surface area (Å²) < 4.78 is 0. The molecule has 112 valence electrons. The molecule has 2 nitrogen and oxygen atoms in total. The van der Waals surface area contributed by atoms with E-state index in [0.717, 1.165) is 12.1 Å². The van der Waals surface area contributed by atoms with Gasteiger partial charge in [-0.1, -0.05) is 62.4 Å². The average molecular weight is 283 g/mol. The molecule has 2 aromatic rings. The number of nitrogens with one attached hydrogen (secondary N) is 1. The number of hydrogen-bond acceptors (Lipinski definition) is 2. The van der Waals surface area contributed by atoms with E-state index in [9.17, 15) is 5.11 Å². The summed E-state index contributed by atoms with van der Waals surface area (Å²) in [5, 5.41) is 13.8. The summed E-state index contributed by atoms with van der Waals surface area (Å²) >= 11 is 0. The van der Waals surface area contributed by atoms with Gasteiger partial charge in [-0.25, -0.2) is 0 Å². The first-order valence-corrected chi connectivity index (χ1v) is 7.57. The van der Waals surface area contributed by atoms with E-state index in [1.807, 2.05) is 32.9 Å². The van der Waals surface area contributed by atoms with Crippen molar-refractivity contribution >= 4 is 5.69 Å². The Balaban J connectivity index is 2.10. The first-order chi connectivity index (χ1) is 9.99. The summed E-state index contributed by atoms with van der Waals surface area (Å²) in [7, 11) is 0. The van der Waals surface area contributed by atoms with E-state index < -0.39 is 5.60 Å². The highest BCUT2D eigenvalue weighted by Gasteiger charge is 2.24. The Morgan fingerprint density at radius 3 is 2.29 bits per heavy atom. The van der Waals surface area contributed by atoms with Gasteiger partial charge in [-0.15, -0.1) is 0 Å². The maximum absolute atomic E-state index is 10.4. The summed E-state index contributed by atoms with van der Waals surface area (Å²) in [6.07, 6.45) is 0.897. The number of aliphatic hydroxyl groups is 1. The third-order valence-electron chi connectivity index (χ3n) is 4.14. The molecule has 0 saturated carbocycles. The second kappa shape index (κ2) is 6.77. The largest absolute Gasteiger partial charge is 0.388 e. The molecule has 0 amide bonds. The molecule has 0 fully saturated rings. The summed E-state index contributed by atoms with van der Waals surface area (Å²) in [6, 6.07) is 18.7. The van der Waals surface area contributed by atoms with Gasteiger partial charge in [0.15, 0.2) is 0 Å². The van der Waals surface area contributed by atoms with Crippen molar-refractivity contribution in [1.82, 2.24) is 0 Å². The van der Waals surface area contributed by atoms with E-state index in [1.165, 1.54) is 11.1 Å². The van der Waals surface area contributed by atoms with Crippen LogP contribution in [-0.2, 0) is 6.42 Å². The van der Waals surface area contributed by atoms with Crippen LogP contribution in [0.5, 0.6) is 0 Å². The number of rotatable bonds is 6. The normalized spacial score (nSPS) is 14.0. The molecule has 0 spiro atoms. The topological polar surface area (TPSA) is 32.3 Å². The van der Waals surface area contributed by atoms with Crippen molar-refractivity contribution < 1.29 is 5.11 Å². The summed E-state index contributed by atoms with van der Waals surface area (Å²) in [5.74, 6) is 0.214. The van der Waals surface area contributed by atoms with Crippen molar-refractivity contribution in [1.29, 1.82) is 0 Å². The van der Waals surface area contributed by atoms with Gasteiger partial charge in [-0.2, -0.15) is 0 Å².